The number of amides is 1. The number of halogens is 2. The number of aromatic nitrogens is 1. The molecule has 0 aliphatic carbocycles. The van der Waals surface area contributed by atoms with E-state index in [1.165, 1.54) is 24.5 Å². The number of benzene rings is 3. The second kappa shape index (κ2) is 14.0. The Bertz CT molecular complexity index is 1630. The number of nitrogens with two attached hydrogens (primary N) is 2. The highest BCUT2D eigenvalue weighted by Crippen LogP contribution is 2.27. The van der Waals surface area contributed by atoms with Gasteiger partial charge in [-0.1, -0.05) is 11.6 Å². The Hall–Kier alpha value is -5.09. The van der Waals surface area contributed by atoms with Crippen molar-refractivity contribution < 1.29 is 18.7 Å². The molecule has 1 aromatic heterocycles. The fraction of sp³-hybridized carbons (Fsp3) is 0.129. The number of pyridine rings is 1. The Morgan fingerprint density at radius 3 is 2.55 bits per heavy atom. The number of allylic oxidation sites excluding steroid dienone is 1. The van der Waals surface area contributed by atoms with E-state index in [1.54, 1.807) is 56.8 Å². The summed E-state index contributed by atoms with van der Waals surface area (Å²) < 4.78 is 23.9. The van der Waals surface area contributed by atoms with Gasteiger partial charge in [-0.2, -0.15) is 0 Å². The van der Waals surface area contributed by atoms with Crippen molar-refractivity contribution in [3.8, 4) is 11.5 Å². The lowest BCUT2D eigenvalue weighted by atomic mass is 10.0. The molecule has 0 bridgehead atoms. The molecule has 1 heterocycles. The number of nitrogen functional groups attached to an aromatic ring is 1. The van der Waals surface area contributed by atoms with Gasteiger partial charge in [0.05, 0.1) is 31.2 Å². The van der Waals surface area contributed by atoms with Gasteiger partial charge < -0.3 is 31.6 Å². The number of aliphatic imine (C=N–C) groups is 1. The number of nitrogens with zero attached hydrogens (tertiary/aromatic N) is 2. The number of nitrogens with one attached hydrogen (secondary N) is 2. The van der Waals surface area contributed by atoms with Crippen molar-refractivity contribution in [1.82, 2.24) is 10.3 Å². The van der Waals surface area contributed by atoms with Crippen molar-refractivity contribution in [2.75, 3.05) is 25.3 Å². The first-order valence-corrected chi connectivity index (χ1v) is 13.2. The molecule has 1 amide bonds. The number of hydrogen-bond donors (Lipinski definition) is 4. The minimum absolute atomic E-state index is 0.174. The zero-order valence-corrected chi connectivity index (χ0v) is 23.8. The van der Waals surface area contributed by atoms with Crippen molar-refractivity contribution in [3.05, 3.63) is 112 Å². The molecule has 0 aliphatic heterocycles. The van der Waals surface area contributed by atoms with Crippen molar-refractivity contribution >= 4 is 46.5 Å². The van der Waals surface area contributed by atoms with Crippen molar-refractivity contribution in [2.45, 2.75) is 13.1 Å². The van der Waals surface area contributed by atoms with Crippen LogP contribution in [0.1, 0.15) is 27.0 Å². The van der Waals surface area contributed by atoms with Crippen molar-refractivity contribution in [3.63, 3.8) is 0 Å². The molecule has 0 unspecified atom stereocenters. The van der Waals surface area contributed by atoms with Gasteiger partial charge in [-0.15, -0.1) is 0 Å². The van der Waals surface area contributed by atoms with Gasteiger partial charge in [-0.25, -0.2) is 9.37 Å². The second-order valence-electron chi connectivity index (χ2n) is 9.04. The molecular weight excluding hydrogens is 559 g/mol. The van der Waals surface area contributed by atoms with Gasteiger partial charge in [0.1, 0.15) is 23.1 Å². The summed E-state index contributed by atoms with van der Waals surface area (Å²) in [6.45, 7) is 0.537. The van der Waals surface area contributed by atoms with Crippen LogP contribution in [0.5, 0.6) is 11.5 Å². The van der Waals surface area contributed by atoms with Crippen LogP contribution in [-0.2, 0) is 13.1 Å². The molecule has 6 N–H and O–H groups in total. The average Bonchev–Trinajstić information content (AvgIpc) is 3.00. The molecule has 3 aromatic carbocycles. The minimum atomic E-state index is -0.381. The van der Waals surface area contributed by atoms with Gasteiger partial charge in [0, 0.05) is 53.9 Å². The fourth-order valence-electron chi connectivity index (χ4n) is 4.07. The molecule has 0 aliphatic rings. The Labute approximate surface area is 248 Å². The van der Waals surface area contributed by atoms with Gasteiger partial charge in [0.25, 0.3) is 5.91 Å². The Morgan fingerprint density at radius 2 is 1.83 bits per heavy atom. The lowest BCUT2D eigenvalue weighted by molar-refractivity contribution is 0.0951. The third-order valence-corrected chi connectivity index (χ3v) is 6.50. The predicted molar refractivity (Wildman–Crippen MR) is 165 cm³/mol. The molecule has 0 radical (unpaired) electrons. The van der Waals surface area contributed by atoms with Crippen LogP contribution in [0.25, 0.3) is 5.57 Å². The molecule has 42 heavy (non-hydrogen) atoms. The van der Waals surface area contributed by atoms with E-state index in [2.05, 4.69) is 20.6 Å². The molecule has 0 atom stereocenters. The maximum absolute atomic E-state index is 13.2. The summed E-state index contributed by atoms with van der Waals surface area (Å²) in [4.78, 5) is 21.7. The van der Waals surface area contributed by atoms with Crippen LogP contribution < -0.4 is 31.6 Å². The summed E-state index contributed by atoms with van der Waals surface area (Å²) in [7, 11) is 3.16. The monoisotopic (exact) mass is 588 g/mol. The van der Waals surface area contributed by atoms with E-state index >= 15 is 0 Å². The van der Waals surface area contributed by atoms with Gasteiger partial charge in [-0.3, -0.25) is 9.79 Å². The number of hydrogen-bond acceptors (Lipinski definition) is 8. The van der Waals surface area contributed by atoms with Gasteiger partial charge >= 0.3 is 0 Å². The Morgan fingerprint density at radius 1 is 1.05 bits per heavy atom. The lowest BCUT2D eigenvalue weighted by Crippen LogP contribution is -2.24. The first kappa shape index (κ1) is 29.9. The molecule has 0 saturated heterocycles. The molecule has 0 saturated carbocycles. The molecule has 11 heteroatoms. The third kappa shape index (κ3) is 7.55. The van der Waals surface area contributed by atoms with E-state index in [1.807, 2.05) is 18.2 Å². The van der Waals surface area contributed by atoms with Gasteiger partial charge in [-0.05, 0) is 71.8 Å². The third-order valence-electron chi connectivity index (χ3n) is 6.28. The van der Waals surface area contributed by atoms with Crippen LogP contribution in [0, 0.1) is 5.82 Å². The first-order valence-electron chi connectivity index (χ1n) is 12.8. The van der Waals surface area contributed by atoms with Crippen LogP contribution in [0.15, 0.2) is 84.1 Å². The zero-order chi connectivity index (χ0) is 30.1. The molecular formula is C31H30ClFN6O3. The van der Waals surface area contributed by atoms with Crippen LogP contribution in [0.3, 0.4) is 0 Å². The van der Waals surface area contributed by atoms with E-state index in [-0.39, 0.29) is 29.5 Å². The van der Waals surface area contributed by atoms with Gasteiger partial charge in [0.15, 0.2) is 0 Å². The fourth-order valence-corrected chi connectivity index (χ4v) is 4.33. The molecule has 4 aromatic rings. The number of carbonyl (C=O) groups is 1. The highest BCUT2D eigenvalue weighted by Gasteiger charge is 2.15. The molecule has 9 nitrogen and oxygen atoms in total. The SMILES string of the molecule is COc1ccc(CNc2nccc(C(=O)NCc3cc(Cl)cc(C(C=Nc4ccc(F)cc4)=CN)c3)c2N)c(OC)c1. The summed E-state index contributed by atoms with van der Waals surface area (Å²) in [6.07, 6.45) is 4.47. The first-order chi connectivity index (χ1) is 20.3. The van der Waals surface area contributed by atoms with Crippen LogP contribution in [-0.4, -0.2) is 31.3 Å². The quantitative estimate of drug-likeness (QED) is 0.165. The smallest absolute Gasteiger partial charge is 0.253 e. The number of anilines is 2. The summed E-state index contributed by atoms with van der Waals surface area (Å²) in [5, 5.41) is 6.50. The molecule has 4 rings (SSSR count). The van der Waals surface area contributed by atoms with Crippen LogP contribution in [0.4, 0.5) is 21.6 Å². The largest absolute Gasteiger partial charge is 0.497 e. The number of rotatable bonds is 11. The highest BCUT2D eigenvalue weighted by molar-refractivity contribution is 6.31. The number of ether oxygens (including phenoxy) is 2. The lowest BCUT2D eigenvalue weighted by Gasteiger charge is -2.14. The van der Waals surface area contributed by atoms with E-state index in [9.17, 15) is 9.18 Å². The standard InChI is InChI=1S/C31H30ClFN6O3/c1-41-26-8-3-20(28(14-26)42-2)17-38-30-29(35)27(9-10-36-30)31(40)39-16-19-11-21(13-23(32)12-19)22(15-34)18-37-25-6-4-24(33)5-7-25/h3-15,18H,16-17,34-35H2,1-2H3,(H,36,38)(H,39,40). The summed E-state index contributed by atoms with van der Waals surface area (Å²) >= 11 is 6.37. The van der Waals surface area contributed by atoms with E-state index in [0.29, 0.717) is 45.7 Å². The van der Waals surface area contributed by atoms with E-state index < -0.39 is 0 Å². The topological polar surface area (TPSA) is 137 Å². The number of carbonyl (C=O) groups excluding carboxylic acids is 1. The van der Waals surface area contributed by atoms with Crippen molar-refractivity contribution in [2.24, 2.45) is 10.7 Å². The number of methoxy groups -OCH3 is 2. The predicted octanol–water partition coefficient (Wildman–Crippen LogP) is 5.72. The summed E-state index contributed by atoms with van der Waals surface area (Å²) in [5.74, 6) is 0.953. The highest BCUT2D eigenvalue weighted by atomic mass is 35.5. The van der Waals surface area contributed by atoms with E-state index in [4.69, 9.17) is 32.5 Å². The van der Waals surface area contributed by atoms with E-state index in [0.717, 1.165) is 11.1 Å². The zero-order valence-electron chi connectivity index (χ0n) is 23.0. The summed E-state index contributed by atoms with van der Waals surface area (Å²) in [6, 6.07) is 18.1. The van der Waals surface area contributed by atoms with Crippen molar-refractivity contribution in [1.29, 1.82) is 0 Å². The Kier molecular flexibility index (Phi) is 9.96. The molecule has 0 spiro atoms. The summed E-state index contributed by atoms with van der Waals surface area (Å²) in [5.41, 5.74) is 16.1. The van der Waals surface area contributed by atoms with Gasteiger partial charge in [0.2, 0.25) is 0 Å². The maximum Gasteiger partial charge on any atom is 0.253 e. The minimum Gasteiger partial charge on any atom is -0.497 e. The maximum atomic E-state index is 13.2. The normalized spacial score (nSPS) is 11.4. The molecule has 216 valence electrons. The Balaban J connectivity index is 1.44. The molecule has 0 fully saturated rings. The second-order valence-corrected chi connectivity index (χ2v) is 9.48. The van der Waals surface area contributed by atoms with Crippen LogP contribution in [0.2, 0.25) is 5.02 Å². The average molecular weight is 589 g/mol. The van der Waals surface area contributed by atoms with Crippen LogP contribution >= 0.6 is 11.6 Å².